The van der Waals surface area contributed by atoms with Crippen LogP contribution in [0.3, 0.4) is 0 Å². The second-order valence-electron chi connectivity index (χ2n) is 22.2. The Morgan fingerprint density at radius 2 is 0.457 bits per heavy atom. The highest BCUT2D eigenvalue weighted by molar-refractivity contribution is 5.99. The van der Waals surface area contributed by atoms with Crippen LogP contribution in [0.2, 0.25) is 0 Å². The number of esters is 1. The van der Waals surface area contributed by atoms with Crippen molar-refractivity contribution in [2.24, 2.45) is 0 Å². The maximum Gasteiger partial charge on any atom is 0.338 e. The summed E-state index contributed by atoms with van der Waals surface area (Å²) in [4.78, 5) is 108. The first-order chi connectivity index (χ1) is 49.9. The molecule has 0 aliphatic heterocycles. The molecule has 7 N–H and O–H groups in total. The first-order valence-corrected chi connectivity index (χ1v) is 32.4. The van der Waals surface area contributed by atoms with E-state index in [1.54, 1.807) is 99.6 Å². The van der Waals surface area contributed by atoms with Gasteiger partial charge >= 0.3 is 5.97 Å². The largest absolute Gasteiger partial charge is 0.508 e. The first kappa shape index (κ1) is 87.6. The van der Waals surface area contributed by atoms with Gasteiger partial charge in [-0.05, 0) is 201 Å². The van der Waals surface area contributed by atoms with Gasteiger partial charge in [0.25, 0.3) is 0 Å². The summed E-state index contributed by atoms with van der Waals surface area (Å²) >= 11 is 0. The average Bonchev–Trinajstić information content (AvgIpc) is 1.23. The molecule has 105 heavy (non-hydrogen) atoms. The number of rotatable bonds is 13. The molecule has 0 fully saturated rings. The van der Waals surface area contributed by atoms with Crippen molar-refractivity contribution in [3.8, 4) is 40.2 Å². The van der Waals surface area contributed by atoms with E-state index in [1.807, 2.05) is 140 Å². The van der Waals surface area contributed by atoms with Crippen LogP contribution in [-0.2, 0) is 11.2 Å². The SMILES string of the molecule is CC(=O)c1ccc(O)cc1.CC(=O)c1ccc(O)cc1.CC(=O)c1ccc(O)cc1.CC(=O)c1ccc(O)cc1.CC(=O)c1ccc(O)cc1O.CC(=O)c1ccccc1.CC(=O)c1ccccc1.CC(=O)c1ccccc1.CC(=O)c1ccccc1O.O=C(OCCc1ccccc1)c1ccccc1. The molecule has 0 aromatic heterocycles. The molecule has 0 radical (unpaired) electrons. The summed E-state index contributed by atoms with van der Waals surface area (Å²) in [6.45, 7) is 13.9. The molecule has 11 aromatic rings. The number of hydrogen-bond donors (Lipinski definition) is 7. The lowest BCUT2D eigenvalue weighted by Crippen LogP contribution is -2.07. The molecule has 542 valence electrons. The number of phenols is 7. The summed E-state index contributed by atoms with van der Waals surface area (Å²) in [5, 5.41) is 62.3. The zero-order valence-electron chi connectivity index (χ0n) is 59.7. The van der Waals surface area contributed by atoms with Crippen LogP contribution in [0.25, 0.3) is 0 Å². The van der Waals surface area contributed by atoms with E-state index in [0.29, 0.717) is 40.0 Å². The molecule has 11 rings (SSSR count). The molecule has 0 aliphatic carbocycles. The first-order valence-electron chi connectivity index (χ1n) is 32.4. The number of ether oxygens (including phenoxy) is 1. The lowest BCUT2D eigenvalue weighted by Gasteiger charge is -2.04. The Bertz CT molecular complexity index is 4130. The molecule has 0 bridgehead atoms. The van der Waals surface area contributed by atoms with Crippen molar-refractivity contribution < 1.29 is 88.4 Å². The van der Waals surface area contributed by atoms with Gasteiger partial charge in [-0.25, -0.2) is 4.79 Å². The van der Waals surface area contributed by atoms with Crippen LogP contribution < -0.4 is 0 Å². The van der Waals surface area contributed by atoms with Gasteiger partial charge in [0.15, 0.2) is 52.0 Å². The highest BCUT2D eigenvalue weighted by atomic mass is 16.5. The van der Waals surface area contributed by atoms with Crippen LogP contribution in [0, 0.1) is 0 Å². The molecule has 0 atom stereocenters. The Kier molecular flexibility index (Phi) is 41.0. The van der Waals surface area contributed by atoms with Crippen molar-refractivity contribution in [3.63, 3.8) is 0 Å². The van der Waals surface area contributed by atoms with E-state index >= 15 is 0 Å². The number of ketones is 9. The van der Waals surface area contributed by atoms with Crippen molar-refractivity contribution in [2.75, 3.05) is 6.61 Å². The number of carbonyl (C=O) groups is 10. The van der Waals surface area contributed by atoms with Gasteiger partial charge in [-0.3, -0.25) is 43.2 Å². The molecule has 0 saturated carbocycles. The normalized spacial score (nSPS) is 9.34. The van der Waals surface area contributed by atoms with Crippen LogP contribution in [-0.4, -0.2) is 100 Å². The highest BCUT2D eigenvalue weighted by Gasteiger charge is 2.08. The van der Waals surface area contributed by atoms with Gasteiger partial charge in [0.2, 0.25) is 0 Å². The third kappa shape index (κ3) is 38.1. The number of phenolic OH excluding ortho intramolecular Hbond substituents is 7. The van der Waals surface area contributed by atoms with Crippen LogP contribution in [0.5, 0.6) is 40.2 Å². The monoisotopic (exact) mass is 1420 g/mol. The Morgan fingerprint density at radius 1 is 0.229 bits per heavy atom. The van der Waals surface area contributed by atoms with Crippen LogP contribution in [0.15, 0.2) is 291 Å². The summed E-state index contributed by atoms with van der Waals surface area (Å²) in [5.41, 5.74) is 7.19. The third-order valence-corrected chi connectivity index (χ3v) is 13.8. The summed E-state index contributed by atoms with van der Waals surface area (Å²) < 4.78 is 5.19. The molecule has 0 spiro atoms. The number of carbonyl (C=O) groups excluding carboxylic acids is 10. The van der Waals surface area contributed by atoms with Crippen molar-refractivity contribution >= 4 is 58.0 Å². The third-order valence-electron chi connectivity index (χ3n) is 13.8. The maximum atomic E-state index is 11.6. The fourth-order valence-corrected chi connectivity index (χ4v) is 7.96. The van der Waals surface area contributed by atoms with Gasteiger partial charge < -0.3 is 40.5 Å². The van der Waals surface area contributed by atoms with Crippen molar-refractivity contribution in [1.82, 2.24) is 0 Å². The number of hydrogen-bond acceptors (Lipinski definition) is 18. The van der Waals surface area contributed by atoms with Gasteiger partial charge in [-0.1, -0.05) is 152 Å². The maximum absolute atomic E-state index is 11.6. The minimum absolute atomic E-state index is 0.0139. The smallest absolute Gasteiger partial charge is 0.338 e. The van der Waals surface area contributed by atoms with E-state index in [-0.39, 0.29) is 104 Å². The molecule has 18 heteroatoms. The van der Waals surface area contributed by atoms with E-state index in [4.69, 9.17) is 40.5 Å². The molecule has 0 heterocycles. The standard InChI is InChI=1S/C15H14O2.C8H8O3.5C8H8O2.3C8H8O/c16-15(14-9-5-2-6-10-14)17-12-11-13-7-3-1-4-8-13;1-5(9)7-3-2-6(10)4-8(7)11;4*1-6(9)7-2-4-8(10)5-3-7;1-6(9)7-4-2-3-5-8(7)10;3*1-7(9)8-5-3-2-4-6-8/h1-10H,11-12H2;2-4,10-11H,1H3;5*2-5,10H,1H3;3*2-6H,1H3. The average molecular weight is 1420 g/mol. The summed E-state index contributed by atoms with van der Waals surface area (Å²) in [6.07, 6.45) is 0.749. The topological polar surface area (TPSA) is 322 Å². The summed E-state index contributed by atoms with van der Waals surface area (Å²) in [5.74, 6) is 0.383. The second kappa shape index (κ2) is 49.1. The fourth-order valence-electron chi connectivity index (χ4n) is 7.96. The predicted octanol–water partition coefficient (Wildman–Crippen LogP) is 18.0. The molecule has 0 aliphatic rings. The molecule has 11 aromatic carbocycles. The van der Waals surface area contributed by atoms with Crippen LogP contribution in [0.1, 0.15) is 171 Å². The van der Waals surface area contributed by atoms with E-state index in [1.165, 1.54) is 114 Å². The summed E-state index contributed by atoms with van der Waals surface area (Å²) in [6, 6.07) is 81.8. The fraction of sp³-hybridized carbons (Fsp3) is 0.126. The van der Waals surface area contributed by atoms with Gasteiger partial charge in [-0.15, -0.1) is 0 Å². The predicted molar refractivity (Wildman–Crippen MR) is 407 cm³/mol. The van der Waals surface area contributed by atoms with Crippen molar-refractivity contribution in [2.45, 2.75) is 68.7 Å². The molecular weight excluding hydrogens is 1330 g/mol. The number of Topliss-reactive ketones (excluding diaryl/α,β-unsaturated/α-hetero) is 9. The van der Waals surface area contributed by atoms with E-state index in [9.17, 15) is 47.9 Å². The van der Waals surface area contributed by atoms with Crippen LogP contribution >= 0.6 is 0 Å². The molecule has 0 saturated heterocycles. The minimum atomic E-state index is -0.262. The van der Waals surface area contributed by atoms with E-state index < -0.39 is 0 Å². The molecule has 18 nitrogen and oxygen atoms in total. The van der Waals surface area contributed by atoms with Crippen molar-refractivity contribution in [1.29, 1.82) is 0 Å². The lowest BCUT2D eigenvalue weighted by atomic mass is 10.1. The van der Waals surface area contributed by atoms with E-state index in [0.717, 1.165) is 29.2 Å². The number of benzene rings is 11. The van der Waals surface area contributed by atoms with E-state index in [2.05, 4.69) is 0 Å². The quantitative estimate of drug-likeness (QED) is 0.0416. The van der Waals surface area contributed by atoms with Gasteiger partial charge in [0, 0.05) is 51.4 Å². The zero-order valence-corrected chi connectivity index (χ0v) is 59.7. The summed E-state index contributed by atoms with van der Waals surface area (Å²) in [7, 11) is 0. The minimum Gasteiger partial charge on any atom is -0.508 e. The van der Waals surface area contributed by atoms with Gasteiger partial charge in [-0.2, -0.15) is 0 Å². The molecular formula is C87H86O18. The van der Waals surface area contributed by atoms with Gasteiger partial charge in [0.05, 0.1) is 23.3 Å². The van der Waals surface area contributed by atoms with Crippen LogP contribution in [0.4, 0.5) is 0 Å². The Balaban J connectivity index is 0.000000399. The number of para-hydroxylation sites is 1. The second-order valence-corrected chi connectivity index (χ2v) is 22.2. The highest BCUT2D eigenvalue weighted by Crippen LogP contribution is 2.23. The molecule has 0 unspecified atom stereocenters. The molecule has 0 amide bonds. The number of aromatic hydroxyl groups is 7. The van der Waals surface area contributed by atoms with Gasteiger partial charge in [0.1, 0.15) is 40.2 Å². The Morgan fingerprint density at radius 3 is 0.695 bits per heavy atom. The Hall–Kier alpha value is -13.5. The zero-order chi connectivity index (χ0) is 78.2. The van der Waals surface area contributed by atoms with Crippen molar-refractivity contribution in [3.05, 3.63) is 352 Å². The Labute approximate surface area is 611 Å². The lowest BCUT2D eigenvalue weighted by molar-refractivity contribution is 0.0508.